The maximum Gasteiger partial charge on any atom is 0.328 e. The second-order valence-electron chi connectivity index (χ2n) is 4.83. The molecule has 1 amide bonds. The number of rotatable bonds is 3. The molecule has 1 aromatic rings. The number of halogens is 1. The van der Waals surface area contributed by atoms with Crippen LogP contribution in [0.25, 0.3) is 0 Å². The van der Waals surface area contributed by atoms with Crippen molar-refractivity contribution in [2.75, 3.05) is 0 Å². The fourth-order valence-corrected chi connectivity index (χ4v) is 3.20. The van der Waals surface area contributed by atoms with E-state index in [0.29, 0.717) is 15.6 Å². The van der Waals surface area contributed by atoms with E-state index in [1.807, 2.05) is 0 Å². The van der Waals surface area contributed by atoms with E-state index in [9.17, 15) is 19.1 Å². The van der Waals surface area contributed by atoms with Gasteiger partial charge in [0.25, 0.3) is 5.91 Å². The minimum Gasteiger partial charge on any atom is -0.480 e. The van der Waals surface area contributed by atoms with Gasteiger partial charge in [0, 0.05) is 12.6 Å². The van der Waals surface area contributed by atoms with Gasteiger partial charge in [0.1, 0.15) is 10.1 Å². The van der Waals surface area contributed by atoms with Crippen molar-refractivity contribution in [3.63, 3.8) is 0 Å². The molecule has 1 aromatic carbocycles. The van der Waals surface area contributed by atoms with Gasteiger partial charge in [-0.05, 0) is 17.7 Å². The van der Waals surface area contributed by atoms with Gasteiger partial charge in [0.2, 0.25) is 0 Å². The van der Waals surface area contributed by atoms with Crippen LogP contribution in [0.2, 0.25) is 0 Å². The van der Waals surface area contributed by atoms with E-state index in [0.717, 1.165) is 11.8 Å². The molecule has 0 aliphatic carbocycles. The van der Waals surface area contributed by atoms with Crippen LogP contribution in [0, 0.1) is 5.82 Å². The van der Waals surface area contributed by atoms with Crippen LogP contribution in [0.5, 0.6) is 0 Å². The highest BCUT2D eigenvalue weighted by Gasteiger charge is 2.34. The Hall–Kier alpha value is -2.26. The Labute approximate surface area is 140 Å². The number of thiocarbonyl (C=S) groups is 1. The molecule has 2 N–H and O–H groups in total. The van der Waals surface area contributed by atoms with E-state index in [2.05, 4.69) is 10.4 Å². The van der Waals surface area contributed by atoms with Crippen molar-refractivity contribution in [3.05, 3.63) is 46.8 Å². The van der Waals surface area contributed by atoms with Gasteiger partial charge < -0.3 is 10.4 Å². The molecule has 2 heterocycles. The molecule has 3 rings (SSSR count). The number of carboxylic acids is 1. The van der Waals surface area contributed by atoms with Gasteiger partial charge in [-0.25, -0.2) is 9.18 Å². The van der Waals surface area contributed by atoms with Crippen molar-refractivity contribution >= 4 is 45.9 Å². The first-order chi connectivity index (χ1) is 10.9. The van der Waals surface area contributed by atoms with Crippen LogP contribution in [0.1, 0.15) is 12.0 Å². The number of carbonyl (C=O) groups is 2. The van der Waals surface area contributed by atoms with Gasteiger partial charge in [-0.3, -0.25) is 9.80 Å². The first-order valence-corrected chi connectivity index (χ1v) is 7.76. The zero-order valence-corrected chi connectivity index (χ0v) is 13.2. The molecule has 0 saturated carbocycles. The van der Waals surface area contributed by atoms with E-state index >= 15 is 0 Å². The van der Waals surface area contributed by atoms with E-state index < -0.39 is 12.0 Å². The third kappa shape index (κ3) is 3.25. The molecule has 6 nitrogen and oxygen atoms in total. The molecule has 1 fully saturated rings. The Kier molecular flexibility index (Phi) is 4.14. The number of amides is 1. The summed E-state index contributed by atoms with van der Waals surface area (Å²) in [6.07, 6.45) is 1.52. The summed E-state index contributed by atoms with van der Waals surface area (Å²) in [6, 6.07) is 4.72. The molecule has 23 heavy (non-hydrogen) atoms. The molecule has 1 atom stereocenters. The van der Waals surface area contributed by atoms with Crippen LogP contribution in [0.15, 0.2) is 40.5 Å². The summed E-state index contributed by atoms with van der Waals surface area (Å²) in [6.45, 7) is 0. The fourth-order valence-electron chi connectivity index (χ4n) is 2.19. The standard InChI is InChI=1S/C14H10FN3O3S2/c15-8-3-1-7(2-4-8)9-5-10(13(20)21)18(17-9)6-11-12(19)16-14(22)23-11/h1-4,6,10H,5H2,(H,20,21)(H,16,19,22)/b11-6-/t10-/m0/s1. The smallest absolute Gasteiger partial charge is 0.328 e. The molecule has 0 spiro atoms. The van der Waals surface area contributed by atoms with Gasteiger partial charge in [0.05, 0.1) is 10.6 Å². The van der Waals surface area contributed by atoms with Crippen LogP contribution < -0.4 is 5.32 Å². The summed E-state index contributed by atoms with van der Waals surface area (Å²) in [5.41, 5.74) is 1.15. The molecule has 0 radical (unpaired) electrons. The van der Waals surface area contributed by atoms with Crippen molar-refractivity contribution < 1.29 is 19.1 Å². The molecule has 0 aromatic heterocycles. The highest BCUT2D eigenvalue weighted by Crippen LogP contribution is 2.28. The van der Waals surface area contributed by atoms with Gasteiger partial charge in [0.15, 0.2) is 6.04 Å². The second-order valence-corrected chi connectivity index (χ2v) is 6.55. The summed E-state index contributed by atoms with van der Waals surface area (Å²) in [5.74, 6) is -1.82. The third-order valence-corrected chi connectivity index (χ3v) is 4.45. The number of carboxylic acid groups (broad SMARTS) is 1. The Balaban J connectivity index is 1.91. The Bertz CT molecular complexity index is 761. The zero-order valence-electron chi connectivity index (χ0n) is 11.5. The van der Waals surface area contributed by atoms with Crippen LogP contribution in [0.4, 0.5) is 4.39 Å². The number of aliphatic carboxylic acids is 1. The summed E-state index contributed by atoms with van der Waals surface area (Å²) < 4.78 is 13.3. The molecular weight excluding hydrogens is 341 g/mol. The first-order valence-electron chi connectivity index (χ1n) is 6.53. The molecule has 9 heteroatoms. The van der Waals surface area contributed by atoms with Crippen molar-refractivity contribution in [1.82, 2.24) is 10.3 Å². The van der Waals surface area contributed by atoms with E-state index in [-0.39, 0.29) is 23.1 Å². The molecule has 2 aliphatic rings. The van der Waals surface area contributed by atoms with Crippen LogP contribution in [-0.2, 0) is 9.59 Å². The lowest BCUT2D eigenvalue weighted by Crippen LogP contribution is -2.31. The lowest BCUT2D eigenvalue weighted by Gasteiger charge is -2.15. The summed E-state index contributed by atoms with van der Waals surface area (Å²) in [7, 11) is 0. The van der Waals surface area contributed by atoms with Gasteiger partial charge >= 0.3 is 5.97 Å². The lowest BCUT2D eigenvalue weighted by molar-refractivity contribution is -0.141. The predicted molar refractivity (Wildman–Crippen MR) is 87.2 cm³/mol. The number of carbonyl (C=O) groups excluding carboxylic acids is 1. The van der Waals surface area contributed by atoms with E-state index in [1.54, 1.807) is 0 Å². The highest BCUT2D eigenvalue weighted by atomic mass is 32.2. The maximum absolute atomic E-state index is 13.0. The molecule has 118 valence electrons. The van der Waals surface area contributed by atoms with Gasteiger partial charge in [-0.1, -0.05) is 36.1 Å². The number of hydrazone groups is 1. The Morgan fingerprint density at radius 3 is 2.74 bits per heavy atom. The first kappa shape index (κ1) is 15.6. The molecule has 0 unspecified atom stereocenters. The number of nitrogens with zero attached hydrogens (tertiary/aromatic N) is 2. The summed E-state index contributed by atoms with van der Waals surface area (Å²) in [4.78, 5) is 23.4. The number of thioether (sulfide) groups is 1. The molecule has 0 bridgehead atoms. The average Bonchev–Trinajstić information content (AvgIpc) is 3.04. The minimum atomic E-state index is -1.06. The molecule has 2 aliphatic heterocycles. The Morgan fingerprint density at radius 1 is 1.48 bits per heavy atom. The van der Waals surface area contributed by atoms with Crippen LogP contribution >= 0.6 is 24.0 Å². The van der Waals surface area contributed by atoms with Crippen LogP contribution in [-0.4, -0.2) is 38.1 Å². The van der Waals surface area contributed by atoms with E-state index in [4.69, 9.17) is 12.2 Å². The van der Waals surface area contributed by atoms with Crippen molar-refractivity contribution in [1.29, 1.82) is 0 Å². The van der Waals surface area contributed by atoms with Gasteiger partial charge in [-0.2, -0.15) is 5.10 Å². The van der Waals surface area contributed by atoms with E-state index in [1.165, 1.54) is 35.5 Å². The van der Waals surface area contributed by atoms with Crippen molar-refractivity contribution in [2.45, 2.75) is 12.5 Å². The Morgan fingerprint density at radius 2 is 2.17 bits per heavy atom. The quantitative estimate of drug-likeness (QED) is 0.637. The predicted octanol–water partition coefficient (Wildman–Crippen LogP) is 1.68. The number of hydrogen-bond donors (Lipinski definition) is 2. The summed E-state index contributed by atoms with van der Waals surface area (Å²) in [5, 5.41) is 17.3. The monoisotopic (exact) mass is 351 g/mol. The fraction of sp³-hybridized carbons (Fsp3) is 0.143. The minimum absolute atomic E-state index is 0.154. The molecule has 1 saturated heterocycles. The van der Waals surface area contributed by atoms with Crippen LogP contribution in [0.3, 0.4) is 0 Å². The zero-order chi connectivity index (χ0) is 16.6. The second kappa shape index (κ2) is 6.09. The van der Waals surface area contributed by atoms with Crippen molar-refractivity contribution in [2.24, 2.45) is 5.10 Å². The topological polar surface area (TPSA) is 82.0 Å². The third-order valence-electron chi connectivity index (χ3n) is 3.30. The SMILES string of the molecule is O=C1NC(=S)S/C1=C\N1N=C(c2ccc(F)cc2)C[C@H]1C(=O)O. The summed E-state index contributed by atoms with van der Waals surface area (Å²) >= 11 is 5.94. The molecular formula is C14H10FN3O3S2. The average molecular weight is 351 g/mol. The number of benzene rings is 1. The number of hydrogen-bond acceptors (Lipinski definition) is 6. The highest BCUT2D eigenvalue weighted by molar-refractivity contribution is 8.26. The maximum atomic E-state index is 13.0. The lowest BCUT2D eigenvalue weighted by atomic mass is 10.0. The number of nitrogens with one attached hydrogen (secondary N) is 1. The van der Waals surface area contributed by atoms with Crippen molar-refractivity contribution in [3.8, 4) is 0 Å². The van der Waals surface area contributed by atoms with Gasteiger partial charge in [-0.15, -0.1) is 0 Å². The largest absolute Gasteiger partial charge is 0.480 e. The normalized spacial score (nSPS) is 22.5.